The molecule has 1 saturated heterocycles. The highest BCUT2D eigenvalue weighted by Gasteiger charge is 2.36. The van der Waals surface area contributed by atoms with E-state index in [4.69, 9.17) is 11.6 Å². The Morgan fingerprint density at radius 2 is 1.73 bits per heavy atom. The van der Waals surface area contributed by atoms with Gasteiger partial charge in [-0.3, -0.25) is 9.59 Å². The van der Waals surface area contributed by atoms with Crippen molar-refractivity contribution in [3.63, 3.8) is 0 Å². The lowest BCUT2D eigenvalue weighted by Gasteiger charge is -2.34. The van der Waals surface area contributed by atoms with E-state index in [0.29, 0.717) is 29.0 Å². The third-order valence-corrected chi connectivity index (χ3v) is 9.66. The van der Waals surface area contributed by atoms with E-state index in [0.717, 1.165) is 31.6 Å². The Morgan fingerprint density at radius 3 is 2.48 bits per heavy atom. The summed E-state index contributed by atoms with van der Waals surface area (Å²) in [5.41, 5.74) is 1.29. The van der Waals surface area contributed by atoms with Gasteiger partial charge in [-0.15, -0.1) is 0 Å². The second-order valence-electron chi connectivity index (χ2n) is 11.0. The van der Waals surface area contributed by atoms with E-state index < -0.39 is 15.7 Å². The Labute approximate surface area is 241 Å². The second kappa shape index (κ2) is 11.7. The molecule has 40 heavy (non-hydrogen) atoms. The van der Waals surface area contributed by atoms with Crippen LogP contribution in [0.5, 0.6) is 0 Å². The monoisotopic (exact) mass is 579 g/mol. The van der Waals surface area contributed by atoms with Gasteiger partial charge in [0.1, 0.15) is 0 Å². The summed E-state index contributed by atoms with van der Waals surface area (Å²) in [5, 5.41) is 3.48. The number of hydrogen-bond donors (Lipinski definition) is 1. The summed E-state index contributed by atoms with van der Waals surface area (Å²) in [6, 6.07) is 17.7. The molecular formula is C31H34ClN3O4S. The van der Waals surface area contributed by atoms with Crippen LogP contribution >= 0.6 is 11.6 Å². The molecule has 2 aliphatic heterocycles. The van der Waals surface area contributed by atoms with Crippen LogP contribution in [0.3, 0.4) is 0 Å². The van der Waals surface area contributed by atoms with Crippen molar-refractivity contribution in [3.05, 3.63) is 88.4 Å². The van der Waals surface area contributed by atoms with Crippen LogP contribution in [0, 0.1) is 11.8 Å². The molecule has 7 nitrogen and oxygen atoms in total. The summed E-state index contributed by atoms with van der Waals surface area (Å²) in [6.45, 7) is 8.23. The number of likely N-dealkylation sites (tertiary alicyclic amines) is 1. The van der Waals surface area contributed by atoms with E-state index >= 15 is 0 Å². The van der Waals surface area contributed by atoms with Crippen molar-refractivity contribution >= 4 is 38.9 Å². The number of halogens is 1. The van der Waals surface area contributed by atoms with Crippen LogP contribution in [0.1, 0.15) is 53.0 Å². The predicted octanol–water partition coefficient (Wildman–Crippen LogP) is 5.43. The molecule has 1 N–H and O–H groups in total. The Hall–Kier alpha value is -3.20. The maximum atomic E-state index is 13.8. The smallest absolute Gasteiger partial charge is 0.259 e. The number of rotatable bonds is 7. The lowest BCUT2D eigenvalue weighted by Crippen LogP contribution is -2.40. The van der Waals surface area contributed by atoms with Gasteiger partial charge in [0.05, 0.1) is 27.6 Å². The van der Waals surface area contributed by atoms with Crippen LogP contribution in [0.2, 0.25) is 5.02 Å². The number of carbonyl (C=O) groups is 2. The molecule has 2 aliphatic rings. The summed E-state index contributed by atoms with van der Waals surface area (Å²) in [4.78, 5) is 30.7. The normalized spacial score (nSPS) is 20.4. The molecule has 0 radical (unpaired) electrons. The minimum atomic E-state index is -4.01. The third-order valence-electron chi connectivity index (χ3n) is 7.56. The molecule has 0 spiro atoms. The summed E-state index contributed by atoms with van der Waals surface area (Å²) < 4.78 is 27.4. The van der Waals surface area contributed by atoms with E-state index in [-0.39, 0.29) is 33.5 Å². The molecule has 2 amide bonds. The molecule has 9 heteroatoms. The lowest BCUT2D eigenvalue weighted by molar-refractivity contribution is 0.0944. The number of carbonyl (C=O) groups excluding carboxylic acids is 2. The number of amides is 2. The maximum Gasteiger partial charge on any atom is 0.259 e. The van der Waals surface area contributed by atoms with Crippen molar-refractivity contribution in [3.8, 4) is 0 Å². The molecule has 3 aromatic carbocycles. The number of nitrogens with one attached hydrogen (secondary N) is 1. The van der Waals surface area contributed by atoms with Crippen molar-refractivity contribution in [2.45, 2.75) is 43.0 Å². The molecule has 0 aliphatic carbocycles. The fraction of sp³-hybridized carbons (Fsp3) is 0.355. The van der Waals surface area contributed by atoms with Gasteiger partial charge in [0.15, 0.2) is 0 Å². The summed E-state index contributed by atoms with van der Waals surface area (Å²) in [6.07, 6.45) is 2.07. The predicted molar refractivity (Wildman–Crippen MR) is 157 cm³/mol. The van der Waals surface area contributed by atoms with Crippen LogP contribution in [0.15, 0.2) is 76.5 Å². The first-order chi connectivity index (χ1) is 19.1. The van der Waals surface area contributed by atoms with E-state index in [2.05, 4.69) is 24.1 Å². The molecule has 3 aromatic rings. The number of piperidine rings is 1. The Balaban J connectivity index is 1.41. The molecule has 2 heterocycles. The lowest BCUT2D eigenvalue weighted by atomic mass is 9.92. The maximum absolute atomic E-state index is 13.8. The molecule has 5 rings (SSSR count). The van der Waals surface area contributed by atoms with Crippen LogP contribution in [-0.2, 0) is 16.4 Å². The molecular weight excluding hydrogens is 546 g/mol. The number of sulfone groups is 1. The van der Waals surface area contributed by atoms with Crippen LogP contribution in [0.25, 0.3) is 0 Å². The number of nitrogens with zero attached hydrogens (tertiary/aromatic N) is 2. The molecule has 0 saturated carbocycles. The SMILES string of the molecule is C[C@@H]1C[C@@H](C)CN(CCCNC(=O)c2ccc3c(c2)N(Cc2cccc(Cl)c2)C(=O)c2ccccc2S3(=O)=O)C1. The van der Waals surface area contributed by atoms with Crippen LogP contribution in [0.4, 0.5) is 5.69 Å². The number of hydrogen-bond acceptors (Lipinski definition) is 5. The van der Waals surface area contributed by atoms with E-state index in [1.165, 1.54) is 41.7 Å². The van der Waals surface area contributed by atoms with Gasteiger partial charge in [0.2, 0.25) is 9.84 Å². The van der Waals surface area contributed by atoms with Crippen molar-refractivity contribution in [1.29, 1.82) is 0 Å². The average molecular weight is 580 g/mol. The Bertz CT molecular complexity index is 1530. The van der Waals surface area contributed by atoms with Crippen LogP contribution in [-0.4, -0.2) is 51.3 Å². The minimum Gasteiger partial charge on any atom is -0.352 e. The fourth-order valence-corrected chi connectivity index (χ4v) is 7.75. The molecule has 1 fully saturated rings. The highest BCUT2D eigenvalue weighted by atomic mass is 35.5. The molecule has 0 bridgehead atoms. The van der Waals surface area contributed by atoms with Gasteiger partial charge in [-0.2, -0.15) is 0 Å². The number of anilines is 1. The van der Waals surface area contributed by atoms with Gasteiger partial charge < -0.3 is 15.1 Å². The largest absolute Gasteiger partial charge is 0.352 e. The average Bonchev–Trinajstić information content (AvgIpc) is 2.98. The number of fused-ring (bicyclic) bond motifs is 2. The van der Waals surface area contributed by atoms with Gasteiger partial charge >= 0.3 is 0 Å². The highest BCUT2D eigenvalue weighted by molar-refractivity contribution is 7.91. The molecule has 0 aromatic heterocycles. The zero-order valence-electron chi connectivity index (χ0n) is 22.8. The third kappa shape index (κ3) is 5.94. The first kappa shape index (κ1) is 28.3. The van der Waals surface area contributed by atoms with Gasteiger partial charge in [-0.25, -0.2) is 8.42 Å². The van der Waals surface area contributed by atoms with E-state index in [1.807, 2.05) is 6.07 Å². The summed E-state index contributed by atoms with van der Waals surface area (Å²) in [5.74, 6) is 0.591. The minimum absolute atomic E-state index is 0.0160. The fourth-order valence-electron chi connectivity index (χ4n) is 5.90. The Morgan fingerprint density at radius 1 is 0.975 bits per heavy atom. The zero-order chi connectivity index (χ0) is 28.4. The van der Waals surface area contributed by atoms with Gasteiger partial charge in [0.25, 0.3) is 11.8 Å². The van der Waals surface area contributed by atoms with Gasteiger partial charge in [-0.1, -0.05) is 49.7 Å². The number of benzene rings is 3. The summed E-state index contributed by atoms with van der Waals surface area (Å²) in [7, 11) is -4.01. The second-order valence-corrected chi connectivity index (χ2v) is 13.3. The molecule has 0 unspecified atom stereocenters. The first-order valence-corrected chi connectivity index (χ1v) is 15.5. The highest BCUT2D eigenvalue weighted by Crippen LogP contribution is 2.38. The first-order valence-electron chi connectivity index (χ1n) is 13.7. The van der Waals surface area contributed by atoms with Crippen molar-refractivity contribution in [1.82, 2.24) is 10.2 Å². The van der Waals surface area contributed by atoms with Crippen molar-refractivity contribution < 1.29 is 18.0 Å². The topological polar surface area (TPSA) is 86.8 Å². The van der Waals surface area contributed by atoms with Crippen LogP contribution < -0.4 is 10.2 Å². The quantitative estimate of drug-likeness (QED) is 0.377. The molecule has 2 atom stereocenters. The standard InChI is InChI=1S/C31H34ClN3O4S/c1-21-15-22(2)19-34(18-21)14-6-13-33-30(36)24-11-12-29-27(17-24)35(20-23-7-5-8-25(32)16-23)31(37)26-9-3-4-10-28(26)40(29,38)39/h3-5,7-12,16-17,21-22H,6,13-15,18-20H2,1-2H3,(H,33,36)/t21-,22-/m1/s1. The Kier molecular flexibility index (Phi) is 8.31. The van der Waals surface area contributed by atoms with E-state index in [9.17, 15) is 18.0 Å². The summed E-state index contributed by atoms with van der Waals surface area (Å²) >= 11 is 6.19. The van der Waals surface area contributed by atoms with Crippen molar-refractivity contribution in [2.24, 2.45) is 11.8 Å². The van der Waals surface area contributed by atoms with Crippen molar-refractivity contribution in [2.75, 3.05) is 31.1 Å². The van der Waals surface area contributed by atoms with E-state index in [1.54, 1.807) is 30.3 Å². The van der Waals surface area contributed by atoms with Gasteiger partial charge in [-0.05, 0) is 79.3 Å². The zero-order valence-corrected chi connectivity index (χ0v) is 24.3. The van der Waals surface area contributed by atoms with Gasteiger partial charge in [0, 0.05) is 30.2 Å². The molecule has 210 valence electrons.